The quantitative estimate of drug-likeness (QED) is 0.133. The Bertz CT molecular complexity index is 2200. The van der Waals surface area contributed by atoms with Crippen LogP contribution in [0.1, 0.15) is 45.5 Å². The van der Waals surface area contributed by atoms with Gasteiger partial charge < -0.3 is 26.4 Å². The fourth-order valence-electron chi connectivity index (χ4n) is 6.99. The molecule has 7 rings (SSSR count). The Morgan fingerprint density at radius 2 is 1.05 bits per heavy atom. The summed E-state index contributed by atoms with van der Waals surface area (Å²) >= 11 is 0. The maximum atomic E-state index is 14.4. The van der Waals surface area contributed by atoms with Gasteiger partial charge in [-0.1, -0.05) is 127 Å². The first-order valence-electron chi connectivity index (χ1n) is 19.4. The van der Waals surface area contributed by atoms with Crippen LogP contribution in [-0.2, 0) is 49.7 Å². The summed E-state index contributed by atoms with van der Waals surface area (Å²) in [4.78, 5) is 81.5. The summed E-state index contributed by atoms with van der Waals surface area (Å²) in [6, 6.07) is 38.7. The monoisotopic (exact) mass is 778 g/mol. The Morgan fingerprint density at radius 1 is 0.534 bits per heavy atom. The van der Waals surface area contributed by atoms with E-state index in [4.69, 9.17) is 0 Å². The van der Waals surface area contributed by atoms with Gasteiger partial charge in [-0.15, -0.1) is 0 Å². The van der Waals surface area contributed by atoms with Crippen LogP contribution in [0.15, 0.2) is 140 Å². The van der Waals surface area contributed by atoms with Crippen molar-refractivity contribution in [3.8, 4) is 11.1 Å². The second kappa shape index (κ2) is 19.8. The molecule has 296 valence electrons. The van der Waals surface area contributed by atoms with Crippen LogP contribution in [0.3, 0.4) is 0 Å². The number of rotatable bonds is 9. The molecule has 0 spiro atoms. The average Bonchev–Trinajstić information content (AvgIpc) is 3.24. The van der Waals surface area contributed by atoms with Crippen molar-refractivity contribution in [3.63, 3.8) is 0 Å². The Morgan fingerprint density at radius 3 is 1.69 bits per heavy atom. The van der Waals surface area contributed by atoms with Crippen molar-refractivity contribution in [3.05, 3.63) is 167 Å². The van der Waals surface area contributed by atoms with E-state index in [9.17, 15) is 33.9 Å². The zero-order chi connectivity index (χ0) is 40.9. The van der Waals surface area contributed by atoms with Crippen LogP contribution in [0, 0.1) is 5.92 Å². The summed E-state index contributed by atoms with van der Waals surface area (Å²) in [5, 5.41) is 21.3. The number of fused-ring (bicyclic) bond motifs is 17. The maximum Gasteiger partial charge on any atom is 0.307 e. The van der Waals surface area contributed by atoms with Gasteiger partial charge in [0, 0.05) is 18.4 Å². The van der Waals surface area contributed by atoms with Crippen molar-refractivity contribution >= 4 is 35.4 Å². The molecule has 58 heavy (non-hydrogen) atoms. The van der Waals surface area contributed by atoms with Crippen LogP contribution in [0.5, 0.6) is 0 Å². The van der Waals surface area contributed by atoms with Gasteiger partial charge >= 0.3 is 5.97 Å². The molecule has 5 N–H and O–H groups in total. The Balaban J connectivity index is 1.34. The lowest BCUT2D eigenvalue weighted by atomic mass is 9.90. The van der Waals surface area contributed by atoms with E-state index >= 15 is 0 Å². The molecule has 4 amide bonds. The van der Waals surface area contributed by atoms with Crippen molar-refractivity contribution < 1.29 is 33.9 Å². The van der Waals surface area contributed by atoms with Gasteiger partial charge in [0.25, 0.3) is 5.91 Å². The van der Waals surface area contributed by atoms with Gasteiger partial charge in [0.05, 0.1) is 18.5 Å². The number of benzene rings is 5. The van der Waals surface area contributed by atoms with Crippen LogP contribution in [-0.4, -0.2) is 65.2 Å². The van der Waals surface area contributed by atoms with Crippen LogP contribution < -0.4 is 21.3 Å². The van der Waals surface area contributed by atoms with E-state index in [1.54, 1.807) is 12.1 Å². The summed E-state index contributed by atoms with van der Waals surface area (Å²) < 4.78 is 0. The highest BCUT2D eigenvalue weighted by atomic mass is 16.4. The fourth-order valence-corrected chi connectivity index (χ4v) is 6.99. The Hall–Kier alpha value is -6.88. The smallest absolute Gasteiger partial charge is 0.307 e. The number of hydrogen-bond acceptors (Lipinski definition) is 6. The summed E-state index contributed by atoms with van der Waals surface area (Å²) in [5.74, 6) is -5.21. The number of carboxylic acids is 1. The molecular weight excluding hydrogens is 733 g/mol. The molecule has 0 fully saturated rings. The standard InChI is InChI=1S/C47H46N4O7/c52-42-29-38(47(57)58)26-33-18-23-37(24-19-33)44(54)48-30-43(53)49-39(25-20-31-10-4-1-5-11-31)45(55)51-41(46(56)50-40(42)27-32-12-6-2-7-13-32)28-34-16-21-36(22-17-34)35-14-8-3-9-15-35/h1-19,21-24,38-41H,20,25-30H2,(H,48,54)(H,49,53)(H,50,56)(H,51,55)(H,57,58)/t38-,39-,40-,41+/m1/s1. The molecule has 0 saturated carbocycles. The molecule has 4 atom stereocenters. The minimum absolute atomic E-state index is 0.000585. The third kappa shape index (κ3) is 11.6. The molecule has 0 aliphatic carbocycles. The lowest BCUT2D eigenvalue weighted by molar-refractivity contribution is -0.144. The highest BCUT2D eigenvalue weighted by molar-refractivity contribution is 5.98. The van der Waals surface area contributed by atoms with E-state index in [2.05, 4.69) is 21.3 Å². The molecule has 5 aromatic rings. The minimum atomic E-state index is -1.20. The third-order valence-electron chi connectivity index (χ3n) is 10.2. The number of aryl methyl sites for hydroxylation is 1. The van der Waals surface area contributed by atoms with Gasteiger partial charge in [0.2, 0.25) is 17.7 Å². The van der Waals surface area contributed by atoms with Gasteiger partial charge in [0.1, 0.15) is 12.1 Å². The number of aliphatic carboxylic acids is 1. The summed E-state index contributed by atoms with van der Waals surface area (Å²) in [6.45, 7) is -0.419. The molecule has 0 unspecified atom stereocenters. The number of hydrogen-bond donors (Lipinski definition) is 5. The molecule has 0 radical (unpaired) electrons. The van der Waals surface area contributed by atoms with Crippen molar-refractivity contribution in [1.29, 1.82) is 0 Å². The Kier molecular flexibility index (Phi) is 13.9. The summed E-state index contributed by atoms with van der Waals surface area (Å²) in [6.07, 6.45) is 0.364. The number of carbonyl (C=O) groups is 6. The van der Waals surface area contributed by atoms with Crippen molar-refractivity contribution in [1.82, 2.24) is 21.3 Å². The van der Waals surface area contributed by atoms with Crippen molar-refractivity contribution in [2.24, 2.45) is 5.92 Å². The zero-order valence-corrected chi connectivity index (χ0v) is 31.9. The van der Waals surface area contributed by atoms with E-state index in [1.807, 2.05) is 115 Å². The molecule has 11 heteroatoms. The van der Waals surface area contributed by atoms with Crippen molar-refractivity contribution in [2.45, 2.75) is 56.7 Å². The molecule has 2 aliphatic rings. The van der Waals surface area contributed by atoms with Gasteiger partial charge in [-0.2, -0.15) is 0 Å². The first kappa shape index (κ1) is 40.8. The van der Waals surface area contributed by atoms with Crippen molar-refractivity contribution in [2.75, 3.05) is 6.54 Å². The lowest BCUT2D eigenvalue weighted by Gasteiger charge is -2.26. The van der Waals surface area contributed by atoms with Gasteiger partial charge in [-0.25, -0.2) is 0 Å². The van der Waals surface area contributed by atoms with E-state index in [-0.39, 0.29) is 37.7 Å². The zero-order valence-electron chi connectivity index (χ0n) is 31.9. The molecule has 2 aliphatic heterocycles. The molecule has 2 heterocycles. The number of carbonyl (C=O) groups excluding carboxylic acids is 5. The lowest BCUT2D eigenvalue weighted by Crippen LogP contribution is -2.57. The first-order chi connectivity index (χ1) is 28.1. The van der Waals surface area contributed by atoms with Crippen LogP contribution in [0.25, 0.3) is 11.1 Å². The second-order valence-electron chi connectivity index (χ2n) is 14.5. The molecule has 11 nitrogen and oxygen atoms in total. The van der Waals surface area contributed by atoms with E-state index in [1.165, 1.54) is 12.1 Å². The SMILES string of the molecule is O=C1CNC(=O)c2ccc(cc2)C[C@@H](C(=O)O)CC(=O)[C@@H](Cc2ccccc2)NC(=O)[C@H](Cc2ccc(-c3ccccc3)cc2)NC(=O)[C@@H](CCc2ccccc2)N1. The number of carboxylic acid groups (broad SMARTS) is 1. The fraction of sp³-hybridized carbons (Fsp3) is 0.234. The van der Waals surface area contributed by atoms with Gasteiger partial charge in [0.15, 0.2) is 5.78 Å². The van der Waals surface area contributed by atoms with E-state index < -0.39 is 66.0 Å². The van der Waals surface area contributed by atoms with Crippen LogP contribution in [0.2, 0.25) is 0 Å². The van der Waals surface area contributed by atoms with Crippen LogP contribution >= 0.6 is 0 Å². The first-order valence-corrected chi connectivity index (χ1v) is 19.4. The number of amides is 4. The van der Waals surface area contributed by atoms with Gasteiger partial charge in [-0.05, 0) is 71.2 Å². The maximum absolute atomic E-state index is 14.4. The van der Waals surface area contributed by atoms with E-state index in [0.717, 1.165) is 27.8 Å². The normalized spacial score (nSPS) is 19.6. The summed E-state index contributed by atoms with van der Waals surface area (Å²) in [5.41, 5.74) is 5.22. The highest BCUT2D eigenvalue weighted by Gasteiger charge is 2.32. The Labute approximate surface area is 337 Å². The van der Waals surface area contributed by atoms with Crippen LogP contribution in [0.4, 0.5) is 0 Å². The molecular formula is C47H46N4O7. The predicted octanol–water partition coefficient (Wildman–Crippen LogP) is 4.87. The number of nitrogens with one attached hydrogen (secondary N) is 4. The van der Waals surface area contributed by atoms with E-state index in [0.29, 0.717) is 12.0 Å². The average molecular weight is 779 g/mol. The number of Topliss-reactive ketones (excluding diaryl/α,β-unsaturated/α-hetero) is 1. The highest BCUT2D eigenvalue weighted by Crippen LogP contribution is 2.21. The predicted molar refractivity (Wildman–Crippen MR) is 220 cm³/mol. The molecule has 2 bridgehead atoms. The molecule has 0 aromatic heterocycles. The largest absolute Gasteiger partial charge is 0.481 e. The molecule has 5 aromatic carbocycles. The minimum Gasteiger partial charge on any atom is -0.481 e. The number of ketones is 1. The molecule has 0 saturated heterocycles. The van der Waals surface area contributed by atoms with Gasteiger partial charge in [-0.3, -0.25) is 28.8 Å². The second-order valence-corrected chi connectivity index (χ2v) is 14.5. The summed E-state index contributed by atoms with van der Waals surface area (Å²) in [7, 11) is 0. The third-order valence-corrected chi connectivity index (χ3v) is 10.2. The topological polar surface area (TPSA) is 171 Å².